The molecule has 1 fully saturated rings. The zero-order valence-corrected chi connectivity index (χ0v) is 13.5. The summed E-state index contributed by atoms with van der Waals surface area (Å²) in [6.45, 7) is 4.41. The molecule has 1 aromatic carbocycles. The fourth-order valence-electron chi connectivity index (χ4n) is 2.59. The van der Waals surface area contributed by atoms with Crippen molar-refractivity contribution in [3.05, 3.63) is 42.1 Å². The number of ketones is 1. The van der Waals surface area contributed by atoms with Crippen molar-refractivity contribution >= 4 is 29.6 Å². The summed E-state index contributed by atoms with van der Waals surface area (Å²) >= 11 is 0. The van der Waals surface area contributed by atoms with Crippen molar-refractivity contribution in [2.24, 2.45) is 0 Å². The lowest BCUT2D eigenvalue weighted by Crippen LogP contribution is -2.46. The minimum atomic E-state index is 0.0152. The van der Waals surface area contributed by atoms with Crippen LogP contribution in [0.4, 0.5) is 17.5 Å². The summed E-state index contributed by atoms with van der Waals surface area (Å²) in [5.41, 5.74) is 1.41. The van der Waals surface area contributed by atoms with Gasteiger partial charge in [-0.15, -0.1) is 0 Å². The Labute approximate surface area is 140 Å². The standard InChI is InChI=1S/C17H19N5O2/c1-13(24)14-3-2-4-15(11-14)19-17-18-6-5-16(20-17)22-9-7-21(12-23)8-10-22/h2-6,11-12H,7-10H2,1H3,(H,18,19,20). The first kappa shape index (κ1) is 15.9. The van der Waals surface area contributed by atoms with E-state index in [1.54, 1.807) is 23.2 Å². The van der Waals surface area contributed by atoms with Crippen LogP contribution in [0.25, 0.3) is 0 Å². The van der Waals surface area contributed by atoms with Gasteiger partial charge in [0.25, 0.3) is 0 Å². The van der Waals surface area contributed by atoms with Gasteiger partial charge in [0.1, 0.15) is 5.82 Å². The summed E-state index contributed by atoms with van der Waals surface area (Å²) in [5.74, 6) is 1.31. The topological polar surface area (TPSA) is 78.4 Å². The minimum absolute atomic E-state index is 0.0152. The number of amides is 1. The van der Waals surface area contributed by atoms with Crippen LogP contribution in [0.1, 0.15) is 17.3 Å². The lowest BCUT2D eigenvalue weighted by molar-refractivity contribution is -0.118. The van der Waals surface area contributed by atoms with E-state index in [1.165, 1.54) is 6.92 Å². The molecule has 0 saturated carbocycles. The first-order valence-corrected chi connectivity index (χ1v) is 7.81. The maximum Gasteiger partial charge on any atom is 0.229 e. The Morgan fingerprint density at radius 2 is 2.00 bits per heavy atom. The number of benzene rings is 1. The number of nitrogens with one attached hydrogen (secondary N) is 1. The molecule has 0 bridgehead atoms. The molecule has 0 unspecified atom stereocenters. The number of nitrogens with zero attached hydrogens (tertiary/aromatic N) is 4. The summed E-state index contributed by atoms with van der Waals surface area (Å²) in [6.07, 6.45) is 2.58. The molecule has 1 N–H and O–H groups in total. The number of hydrogen-bond donors (Lipinski definition) is 1. The number of rotatable bonds is 5. The summed E-state index contributed by atoms with van der Waals surface area (Å²) in [7, 11) is 0. The van der Waals surface area contributed by atoms with Crippen LogP contribution in [0.15, 0.2) is 36.5 Å². The highest BCUT2D eigenvalue weighted by atomic mass is 16.1. The second-order valence-electron chi connectivity index (χ2n) is 5.63. The van der Waals surface area contributed by atoms with Gasteiger partial charge in [-0.05, 0) is 25.1 Å². The molecule has 24 heavy (non-hydrogen) atoms. The van der Waals surface area contributed by atoms with E-state index in [0.29, 0.717) is 24.6 Å². The highest BCUT2D eigenvalue weighted by Gasteiger charge is 2.17. The van der Waals surface area contributed by atoms with Crippen LogP contribution >= 0.6 is 0 Å². The SMILES string of the molecule is CC(=O)c1cccc(Nc2nccc(N3CCN(C=O)CC3)n2)c1. The molecule has 1 aliphatic heterocycles. The zero-order chi connectivity index (χ0) is 16.9. The number of piperazine rings is 1. The smallest absolute Gasteiger partial charge is 0.229 e. The van der Waals surface area contributed by atoms with Gasteiger partial charge < -0.3 is 15.1 Å². The van der Waals surface area contributed by atoms with Crippen molar-refractivity contribution in [3.8, 4) is 0 Å². The number of carbonyl (C=O) groups is 2. The van der Waals surface area contributed by atoms with Crippen LogP contribution in [-0.4, -0.2) is 53.2 Å². The second-order valence-corrected chi connectivity index (χ2v) is 5.63. The van der Waals surface area contributed by atoms with Gasteiger partial charge in [0.15, 0.2) is 5.78 Å². The maximum absolute atomic E-state index is 11.5. The molecular weight excluding hydrogens is 306 g/mol. The molecular formula is C17H19N5O2. The highest BCUT2D eigenvalue weighted by Crippen LogP contribution is 2.18. The molecule has 2 aromatic rings. The quantitative estimate of drug-likeness (QED) is 0.666. The van der Waals surface area contributed by atoms with Crippen molar-refractivity contribution in [3.63, 3.8) is 0 Å². The highest BCUT2D eigenvalue weighted by molar-refractivity contribution is 5.95. The Hall–Kier alpha value is -2.96. The fraction of sp³-hybridized carbons (Fsp3) is 0.294. The molecule has 0 spiro atoms. The van der Waals surface area contributed by atoms with Crippen LogP contribution < -0.4 is 10.2 Å². The van der Waals surface area contributed by atoms with E-state index in [-0.39, 0.29) is 5.78 Å². The van der Waals surface area contributed by atoms with Crippen molar-refractivity contribution in [1.29, 1.82) is 0 Å². The molecule has 3 rings (SSSR count). The first-order chi connectivity index (χ1) is 11.7. The van der Waals surface area contributed by atoms with Gasteiger partial charge in [0.05, 0.1) is 0 Å². The van der Waals surface area contributed by atoms with Gasteiger partial charge in [-0.25, -0.2) is 4.98 Å². The van der Waals surface area contributed by atoms with E-state index >= 15 is 0 Å². The van der Waals surface area contributed by atoms with Crippen LogP contribution in [0.5, 0.6) is 0 Å². The van der Waals surface area contributed by atoms with E-state index in [2.05, 4.69) is 20.2 Å². The molecule has 1 amide bonds. The largest absolute Gasteiger partial charge is 0.353 e. The number of hydrogen-bond acceptors (Lipinski definition) is 6. The van der Waals surface area contributed by atoms with Crippen LogP contribution in [-0.2, 0) is 4.79 Å². The third-order valence-electron chi connectivity index (χ3n) is 3.95. The van der Waals surface area contributed by atoms with Crippen molar-refractivity contribution < 1.29 is 9.59 Å². The lowest BCUT2D eigenvalue weighted by atomic mass is 10.1. The molecule has 2 heterocycles. The van der Waals surface area contributed by atoms with Gasteiger partial charge in [0, 0.05) is 43.6 Å². The molecule has 0 radical (unpaired) electrons. The van der Waals surface area contributed by atoms with E-state index in [0.717, 1.165) is 31.0 Å². The Kier molecular flexibility index (Phi) is 4.69. The average molecular weight is 325 g/mol. The van der Waals surface area contributed by atoms with E-state index in [1.807, 2.05) is 18.2 Å². The lowest BCUT2D eigenvalue weighted by Gasteiger charge is -2.33. The molecule has 0 aliphatic carbocycles. The molecule has 1 saturated heterocycles. The Balaban J connectivity index is 1.73. The normalized spacial score (nSPS) is 14.4. The van der Waals surface area contributed by atoms with Gasteiger partial charge in [-0.2, -0.15) is 4.98 Å². The summed E-state index contributed by atoms with van der Waals surface area (Å²) < 4.78 is 0. The first-order valence-electron chi connectivity index (χ1n) is 7.81. The molecule has 7 heteroatoms. The fourth-order valence-corrected chi connectivity index (χ4v) is 2.59. The van der Waals surface area contributed by atoms with Gasteiger partial charge >= 0.3 is 0 Å². The maximum atomic E-state index is 11.5. The molecule has 1 aromatic heterocycles. The summed E-state index contributed by atoms with van der Waals surface area (Å²) in [5, 5.41) is 3.13. The van der Waals surface area contributed by atoms with E-state index < -0.39 is 0 Å². The van der Waals surface area contributed by atoms with Gasteiger partial charge in [0.2, 0.25) is 12.4 Å². The van der Waals surface area contributed by atoms with Gasteiger partial charge in [-0.1, -0.05) is 12.1 Å². The van der Waals surface area contributed by atoms with Crippen LogP contribution in [0, 0.1) is 0 Å². The monoisotopic (exact) mass is 325 g/mol. The van der Waals surface area contributed by atoms with Crippen molar-refractivity contribution in [1.82, 2.24) is 14.9 Å². The molecule has 1 aliphatic rings. The molecule has 7 nitrogen and oxygen atoms in total. The van der Waals surface area contributed by atoms with Crippen molar-refractivity contribution in [2.45, 2.75) is 6.92 Å². The predicted molar refractivity (Wildman–Crippen MR) is 91.6 cm³/mol. The number of Topliss-reactive ketones (excluding diaryl/α,β-unsaturated/α-hetero) is 1. The van der Waals surface area contributed by atoms with Crippen LogP contribution in [0.2, 0.25) is 0 Å². The predicted octanol–water partition coefficient (Wildman–Crippen LogP) is 1.70. The third-order valence-corrected chi connectivity index (χ3v) is 3.95. The number of anilines is 3. The molecule has 124 valence electrons. The number of aromatic nitrogens is 2. The molecule has 0 atom stereocenters. The van der Waals surface area contributed by atoms with Gasteiger partial charge in [-0.3, -0.25) is 9.59 Å². The average Bonchev–Trinajstić information content (AvgIpc) is 2.62. The Morgan fingerprint density at radius 3 is 2.71 bits per heavy atom. The van der Waals surface area contributed by atoms with Crippen LogP contribution in [0.3, 0.4) is 0 Å². The minimum Gasteiger partial charge on any atom is -0.353 e. The summed E-state index contributed by atoms with van der Waals surface area (Å²) in [6, 6.07) is 9.10. The third kappa shape index (κ3) is 3.68. The van der Waals surface area contributed by atoms with E-state index in [9.17, 15) is 9.59 Å². The van der Waals surface area contributed by atoms with E-state index in [4.69, 9.17) is 0 Å². The second kappa shape index (κ2) is 7.08. The number of carbonyl (C=O) groups excluding carboxylic acids is 2. The Morgan fingerprint density at radius 1 is 1.21 bits per heavy atom. The summed E-state index contributed by atoms with van der Waals surface area (Å²) in [4.78, 5) is 34.9. The Bertz CT molecular complexity index is 741. The van der Waals surface area contributed by atoms with Crippen molar-refractivity contribution in [2.75, 3.05) is 36.4 Å². The zero-order valence-electron chi connectivity index (χ0n) is 13.5.